The number of aromatic nitrogens is 3. The molecule has 7 heteroatoms. The van der Waals surface area contributed by atoms with Gasteiger partial charge in [0.25, 0.3) is 0 Å². The Morgan fingerprint density at radius 2 is 2.21 bits per heavy atom. The highest BCUT2D eigenvalue weighted by molar-refractivity contribution is 9.10. The summed E-state index contributed by atoms with van der Waals surface area (Å²) in [5.41, 5.74) is 2.87. The van der Waals surface area contributed by atoms with Crippen LogP contribution in [0.15, 0.2) is 45.2 Å². The number of nitrogens with one attached hydrogen (secondary N) is 1. The van der Waals surface area contributed by atoms with E-state index in [1.54, 1.807) is 0 Å². The minimum absolute atomic E-state index is 0.202. The predicted octanol–water partition coefficient (Wildman–Crippen LogP) is 4.03. The summed E-state index contributed by atoms with van der Waals surface area (Å²) in [6, 6.07) is 7.85. The van der Waals surface area contributed by atoms with Crippen molar-refractivity contribution in [1.29, 1.82) is 0 Å². The number of benzene rings is 1. The lowest BCUT2D eigenvalue weighted by Crippen LogP contribution is -2.33. The molecule has 24 heavy (non-hydrogen) atoms. The number of hydrogen-bond donors (Lipinski definition) is 1. The number of Topliss-reactive ketones (excluding diaryl/α,β-unsaturated/α-hetero) is 1. The largest absolute Gasteiger partial charge is 0.328 e. The number of allylic oxidation sites excluding steroid dienone is 2. The van der Waals surface area contributed by atoms with E-state index in [-0.39, 0.29) is 11.8 Å². The third kappa shape index (κ3) is 2.59. The monoisotopic (exact) mass is 404 g/mol. The van der Waals surface area contributed by atoms with Gasteiger partial charge in [0, 0.05) is 22.2 Å². The van der Waals surface area contributed by atoms with Crippen molar-refractivity contribution in [1.82, 2.24) is 14.8 Å². The second-order valence-electron chi connectivity index (χ2n) is 6.28. The average molecular weight is 405 g/mol. The first-order valence-corrected chi connectivity index (χ1v) is 9.88. The Balaban J connectivity index is 1.92. The Morgan fingerprint density at radius 3 is 2.96 bits per heavy atom. The van der Waals surface area contributed by atoms with Gasteiger partial charge in [0.2, 0.25) is 11.1 Å². The lowest BCUT2D eigenvalue weighted by molar-refractivity contribution is -0.117. The minimum Gasteiger partial charge on any atom is -0.328 e. The maximum atomic E-state index is 12.8. The van der Waals surface area contributed by atoms with Gasteiger partial charge in [0.1, 0.15) is 6.04 Å². The van der Waals surface area contributed by atoms with E-state index < -0.39 is 0 Å². The summed E-state index contributed by atoms with van der Waals surface area (Å²) in [6.07, 6.45) is 3.41. The molecule has 1 aliphatic carbocycles. The molecule has 5 nitrogen and oxygen atoms in total. The van der Waals surface area contributed by atoms with Crippen molar-refractivity contribution in [3.8, 4) is 0 Å². The first-order chi connectivity index (χ1) is 11.6. The molecule has 0 unspecified atom stereocenters. The van der Waals surface area contributed by atoms with E-state index in [2.05, 4.69) is 44.3 Å². The van der Waals surface area contributed by atoms with E-state index in [4.69, 9.17) is 0 Å². The molecule has 124 valence electrons. The number of thioether (sulfide) groups is 1. The van der Waals surface area contributed by atoms with Gasteiger partial charge in [-0.3, -0.25) is 4.79 Å². The third-order valence-corrected chi connectivity index (χ3v) is 5.48. The highest BCUT2D eigenvalue weighted by Crippen LogP contribution is 2.42. The number of hydrogen-bond acceptors (Lipinski definition) is 5. The summed E-state index contributed by atoms with van der Waals surface area (Å²) in [6.45, 7) is 2.12. The quantitative estimate of drug-likeness (QED) is 0.765. The molecule has 0 saturated heterocycles. The second-order valence-corrected chi connectivity index (χ2v) is 7.97. The fourth-order valence-corrected chi connectivity index (χ4v) is 4.22. The number of carbonyl (C=O) groups is 1. The lowest BCUT2D eigenvalue weighted by atomic mass is 9.81. The molecule has 2 heterocycles. The lowest BCUT2D eigenvalue weighted by Gasteiger charge is -2.34. The molecular formula is C17H17BrN4OS. The molecular weight excluding hydrogens is 388 g/mol. The van der Waals surface area contributed by atoms with Crippen molar-refractivity contribution in [3.63, 3.8) is 0 Å². The Labute approximate surface area is 153 Å². The van der Waals surface area contributed by atoms with Crippen LogP contribution in [0.1, 0.15) is 31.4 Å². The fraction of sp³-hybridized carbons (Fsp3) is 0.353. The topological polar surface area (TPSA) is 59.8 Å². The summed E-state index contributed by atoms with van der Waals surface area (Å²) in [5, 5.41) is 8.66. The van der Waals surface area contributed by atoms with Crippen molar-refractivity contribution in [2.45, 2.75) is 31.0 Å². The van der Waals surface area contributed by atoms with Gasteiger partial charge in [-0.15, -0.1) is 5.10 Å². The van der Waals surface area contributed by atoms with Gasteiger partial charge < -0.3 is 5.32 Å². The molecule has 0 spiro atoms. The minimum atomic E-state index is -0.220. The summed E-state index contributed by atoms with van der Waals surface area (Å²) in [7, 11) is 0. The van der Waals surface area contributed by atoms with Crippen LogP contribution >= 0.6 is 27.7 Å². The zero-order valence-electron chi connectivity index (χ0n) is 13.4. The van der Waals surface area contributed by atoms with E-state index in [0.29, 0.717) is 23.4 Å². The molecule has 1 aliphatic heterocycles. The number of carbonyl (C=O) groups excluding carboxylic acids is 1. The van der Waals surface area contributed by atoms with Crippen molar-refractivity contribution in [3.05, 3.63) is 45.6 Å². The Hall–Kier alpha value is -1.60. The van der Waals surface area contributed by atoms with Crippen LogP contribution in [0, 0.1) is 5.92 Å². The van der Waals surface area contributed by atoms with E-state index in [1.165, 1.54) is 11.8 Å². The van der Waals surface area contributed by atoms with Crippen molar-refractivity contribution in [2.75, 3.05) is 11.6 Å². The first-order valence-electron chi connectivity index (χ1n) is 7.86. The number of anilines is 1. The zero-order valence-corrected chi connectivity index (χ0v) is 15.8. The average Bonchev–Trinajstić information content (AvgIpc) is 2.95. The number of ketones is 1. The molecule has 2 aromatic rings. The Morgan fingerprint density at radius 1 is 1.38 bits per heavy atom. The highest BCUT2D eigenvalue weighted by atomic mass is 79.9. The van der Waals surface area contributed by atoms with Crippen LogP contribution in [0.4, 0.5) is 5.95 Å². The number of rotatable bonds is 2. The summed E-state index contributed by atoms with van der Waals surface area (Å²) in [4.78, 5) is 17.4. The van der Waals surface area contributed by atoms with Crippen LogP contribution in [0.5, 0.6) is 0 Å². The molecule has 0 fully saturated rings. The van der Waals surface area contributed by atoms with Gasteiger partial charge in [-0.2, -0.15) is 4.98 Å². The smallest absolute Gasteiger partial charge is 0.227 e. The van der Waals surface area contributed by atoms with Crippen LogP contribution in [-0.4, -0.2) is 26.8 Å². The third-order valence-electron chi connectivity index (χ3n) is 4.45. The molecule has 1 N–H and O–H groups in total. The summed E-state index contributed by atoms with van der Waals surface area (Å²) >= 11 is 5.04. The second kappa shape index (κ2) is 6.04. The molecule has 0 bridgehead atoms. The standard InChI is InChI=1S/C17H17BrN4OS/c1-9-6-12-14(13(23)7-9)15(10-4-3-5-11(18)8-10)22-16(19-12)20-17(21-22)24-2/h3-5,8-9,15H,6-7H2,1-2H3,(H,19,20,21)/t9-,15+/m0/s1. The SMILES string of the molecule is CSc1nc2n(n1)[C@H](c1cccc(Br)c1)C1=C(C[C@H](C)CC1=O)N2. The molecule has 2 aliphatic rings. The maximum Gasteiger partial charge on any atom is 0.227 e. The Bertz CT molecular complexity index is 860. The number of fused-ring (bicyclic) bond motifs is 1. The van der Waals surface area contributed by atoms with Crippen LogP contribution in [0.25, 0.3) is 0 Å². The molecule has 0 radical (unpaired) electrons. The summed E-state index contributed by atoms with van der Waals surface area (Å²) < 4.78 is 2.84. The number of nitrogens with zero attached hydrogens (tertiary/aromatic N) is 3. The predicted molar refractivity (Wildman–Crippen MR) is 98.1 cm³/mol. The highest BCUT2D eigenvalue weighted by Gasteiger charge is 2.38. The van der Waals surface area contributed by atoms with Crippen molar-refractivity contribution >= 4 is 39.4 Å². The van der Waals surface area contributed by atoms with Crippen molar-refractivity contribution < 1.29 is 4.79 Å². The van der Waals surface area contributed by atoms with Gasteiger partial charge in [-0.1, -0.05) is 46.7 Å². The summed E-state index contributed by atoms with van der Waals surface area (Å²) in [5.74, 6) is 1.26. The van der Waals surface area contributed by atoms with E-state index in [9.17, 15) is 4.79 Å². The molecule has 2 atom stereocenters. The van der Waals surface area contributed by atoms with Crippen LogP contribution in [0.3, 0.4) is 0 Å². The van der Waals surface area contributed by atoms with Crippen molar-refractivity contribution in [2.24, 2.45) is 5.92 Å². The zero-order chi connectivity index (χ0) is 16.8. The first kappa shape index (κ1) is 15.9. The normalized spacial score (nSPS) is 22.9. The van der Waals surface area contributed by atoms with Crippen LogP contribution in [0.2, 0.25) is 0 Å². The van der Waals surface area contributed by atoms with Crippen LogP contribution < -0.4 is 5.32 Å². The maximum absolute atomic E-state index is 12.8. The Kier molecular flexibility index (Phi) is 4.00. The van der Waals surface area contributed by atoms with Crippen LogP contribution in [-0.2, 0) is 4.79 Å². The molecule has 0 amide bonds. The van der Waals surface area contributed by atoms with E-state index >= 15 is 0 Å². The number of halogens is 1. The van der Waals surface area contributed by atoms with Gasteiger partial charge in [-0.25, -0.2) is 4.68 Å². The van der Waals surface area contributed by atoms with E-state index in [1.807, 2.05) is 29.1 Å². The fourth-order valence-electron chi connectivity index (χ4n) is 3.46. The molecule has 1 aromatic heterocycles. The molecule has 4 rings (SSSR count). The van der Waals surface area contributed by atoms with E-state index in [0.717, 1.165) is 27.7 Å². The molecule has 1 aromatic carbocycles. The van der Waals surface area contributed by atoms with Gasteiger partial charge in [-0.05, 0) is 36.3 Å². The van der Waals surface area contributed by atoms with Gasteiger partial charge in [0.05, 0.1) is 0 Å². The molecule has 0 saturated carbocycles. The van der Waals surface area contributed by atoms with Gasteiger partial charge >= 0.3 is 0 Å². The van der Waals surface area contributed by atoms with Gasteiger partial charge in [0.15, 0.2) is 5.78 Å².